The summed E-state index contributed by atoms with van der Waals surface area (Å²) in [6, 6.07) is 14.5. The number of anilines is 2. The Bertz CT molecular complexity index is 771. The lowest BCUT2D eigenvalue weighted by atomic mass is 10.2. The van der Waals surface area contributed by atoms with Gasteiger partial charge in [-0.2, -0.15) is 0 Å². The van der Waals surface area contributed by atoms with Gasteiger partial charge in [-0.3, -0.25) is 4.57 Å². The van der Waals surface area contributed by atoms with Crippen LogP contribution in [-0.2, 0) is 0 Å². The van der Waals surface area contributed by atoms with Crippen LogP contribution in [0.4, 0.5) is 11.6 Å². The molecule has 0 bridgehead atoms. The second-order valence-electron chi connectivity index (χ2n) is 5.21. The SMILES string of the molecule is Cc1ccc2c(c1)nc(N)n2-c1cccc(N(C)C)c1. The Balaban J connectivity index is 2.24. The molecule has 0 amide bonds. The average molecular weight is 266 g/mol. The fourth-order valence-corrected chi connectivity index (χ4v) is 2.39. The average Bonchev–Trinajstić information content (AvgIpc) is 2.73. The molecule has 0 atom stereocenters. The van der Waals surface area contributed by atoms with Gasteiger partial charge in [0.1, 0.15) is 0 Å². The van der Waals surface area contributed by atoms with Gasteiger partial charge in [0.05, 0.1) is 16.7 Å². The van der Waals surface area contributed by atoms with Gasteiger partial charge in [0.15, 0.2) is 0 Å². The van der Waals surface area contributed by atoms with E-state index in [0.717, 1.165) is 22.4 Å². The Kier molecular flexibility index (Phi) is 2.86. The Morgan fingerprint density at radius 2 is 1.90 bits per heavy atom. The van der Waals surface area contributed by atoms with Crippen molar-refractivity contribution in [2.24, 2.45) is 0 Å². The van der Waals surface area contributed by atoms with Crippen LogP contribution >= 0.6 is 0 Å². The monoisotopic (exact) mass is 266 g/mol. The molecule has 0 aliphatic rings. The fraction of sp³-hybridized carbons (Fsp3) is 0.188. The molecule has 0 saturated carbocycles. The van der Waals surface area contributed by atoms with Crippen molar-refractivity contribution in [3.8, 4) is 5.69 Å². The normalized spacial score (nSPS) is 10.9. The topological polar surface area (TPSA) is 47.1 Å². The summed E-state index contributed by atoms with van der Waals surface area (Å²) in [5.74, 6) is 0.515. The Hall–Kier alpha value is -2.49. The standard InChI is InChI=1S/C16H18N4/c1-11-7-8-15-14(9-11)18-16(17)20(15)13-6-4-5-12(10-13)19(2)3/h4-10H,1-3H3,(H2,17,18). The number of aromatic nitrogens is 2. The van der Waals surface area contributed by atoms with Crippen molar-refractivity contribution in [3.63, 3.8) is 0 Å². The first-order valence-corrected chi connectivity index (χ1v) is 6.58. The van der Waals surface area contributed by atoms with Gasteiger partial charge in [0.25, 0.3) is 0 Å². The third kappa shape index (κ3) is 1.99. The molecule has 2 N–H and O–H groups in total. The molecule has 0 aliphatic carbocycles. The largest absolute Gasteiger partial charge is 0.378 e. The molecule has 0 radical (unpaired) electrons. The predicted octanol–water partition coefficient (Wildman–Crippen LogP) is 2.98. The second-order valence-corrected chi connectivity index (χ2v) is 5.21. The first kappa shape index (κ1) is 12.5. The summed E-state index contributed by atoms with van der Waals surface area (Å²) in [4.78, 5) is 6.52. The minimum atomic E-state index is 0.515. The van der Waals surface area contributed by atoms with Crippen molar-refractivity contribution in [1.82, 2.24) is 9.55 Å². The molecule has 4 nitrogen and oxygen atoms in total. The maximum Gasteiger partial charge on any atom is 0.205 e. The summed E-state index contributed by atoms with van der Waals surface area (Å²) < 4.78 is 1.99. The first-order chi connectivity index (χ1) is 9.56. The minimum Gasteiger partial charge on any atom is -0.378 e. The summed E-state index contributed by atoms with van der Waals surface area (Å²) in [6.45, 7) is 2.06. The number of aryl methyl sites for hydroxylation is 1. The molecule has 0 unspecified atom stereocenters. The van der Waals surface area contributed by atoms with Crippen molar-refractivity contribution < 1.29 is 0 Å². The van der Waals surface area contributed by atoms with Gasteiger partial charge in [-0.05, 0) is 42.8 Å². The molecule has 2 aromatic carbocycles. The van der Waals surface area contributed by atoms with Crippen LogP contribution in [0, 0.1) is 6.92 Å². The summed E-state index contributed by atoms with van der Waals surface area (Å²) >= 11 is 0. The summed E-state index contributed by atoms with van der Waals surface area (Å²) in [5.41, 5.74) is 11.4. The van der Waals surface area contributed by atoms with E-state index < -0.39 is 0 Å². The summed E-state index contributed by atoms with van der Waals surface area (Å²) in [7, 11) is 4.05. The number of rotatable bonds is 2. The molecule has 0 saturated heterocycles. The Morgan fingerprint density at radius 1 is 1.10 bits per heavy atom. The molecule has 1 heterocycles. The van der Waals surface area contributed by atoms with E-state index in [1.165, 1.54) is 5.56 Å². The number of nitrogens with two attached hydrogens (primary N) is 1. The van der Waals surface area contributed by atoms with Crippen molar-refractivity contribution in [1.29, 1.82) is 0 Å². The number of nitrogen functional groups attached to an aromatic ring is 1. The number of nitrogens with zero attached hydrogens (tertiary/aromatic N) is 3. The fourth-order valence-electron chi connectivity index (χ4n) is 2.39. The lowest BCUT2D eigenvalue weighted by molar-refractivity contribution is 1.09. The van der Waals surface area contributed by atoms with E-state index in [9.17, 15) is 0 Å². The summed E-state index contributed by atoms with van der Waals surface area (Å²) in [5, 5.41) is 0. The number of hydrogen-bond donors (Lipinski definition) is 1. The van der Waals surface area contributed by atoms with Gasteiger partial charge in [-0.25, -0.2) is 4.98 Å². The van der Waals surface area contributed by atoms with Crippen LogP contribution in [0.2, 0.25) is 0 Å². The molecule has 0 aliphatic heterocycles. The zero-order valence-electron chi connectivity index (χ0n) is 12.0. The number of fused-ring (bicyclic) bond motifs is 1. The molecule has 1 aromatic heterocycles. The maximum absolute atomic E-state index is 6.10. The van der Waals surface area contributed by atoms with Crippen LogP contribution in [-0.4, -0.2) is 23.6 Å². The van der Waals surface area contributed by atoms with E-state index in [0.29, 0.717) is 5.95 Å². The molecule has 3 aromatic rings. The first-order valence-electron chi connectivity index (χ1n) is 6.58. The summed E-state index contributed by atoms with van der Waals surface area (Å²) in [6.07, 6.45) is 0. The van der Waals surface area contributed by atoms with Crippen molar-refractivity contribution in [3.05, 3.63) is 48.0 Å². The molecular weight excluding hydrogens is 248 g/mol. The van der Waals surface area contributed by atoms with Gasteiger partial charge in [0, 0.05) is 19.8 Å². The van der Waals surface area contributed by atoms with Crippen LogP contribution in [0.5, 0.6) is 0 Å². The Morgan fingerprint density at radius 3 is 2.65 bits per heavy atom. The number of hydrogen-bond acceptors (Lipinski definition) is 3. The van der Waals surface area contributed by atoms with Gasteiger partial charge in [-0.1, -0.05) is 12.1 Å². The van der Waals surface area contributed by atoms with Gasteiger partial charge in [-0.15, -0.1) is 0 Å². The molecule has 20 heavy (non-hydrogen) atoms. The molecule has 0 fully saturated rings. The van der Waals surface area contributed by atoms with Gasteiger partial charge < -0.3 is 10.6 Å². The van der Waals surface area contributed by atoms with E-state index in [1.54, 1.807) is 0 Å². The van der Waals surface area contributed by atoms with Crippen molar-refractivity contribution in [2.75, 3.05) is 24.7 Å². The zero-order valence-corrected chi connectivity index (χ0v) is 12.0. The van der Waals surface area contributed by atoms with Crippen LogP contribution < -0.4 is 10.6 Å². The Labute approximate surface area is 118 Å². The van der Waals surface area contributed by atoms with Crippen molar-refractivity contribution in [2.45, 2.75) is 6.92 Å². The van der Waals surface area contributed by atoms with Crippen LogP contribution in [0.1, 0.15) is 5.56 Å². The molecule has 4 heteroatoms. The van der Waals surface area contributed by atoms with E-state index in [1.807, 2.05) is 30.8 Å². The quantitative estimate of drug-likeness (QED) is 0.775. The maximum atomic E-state index is 6.10. The third-order valence-corrected chi connectivity index (χ3v) is 3.44. The highest BCUT2D eigenvalue weighted by Crippen LogP contribution is 2.25. The number of imidazole rings is 1. The predicted molar refractivity (Wildman–Crippen MR) is 84.5 cm³/mol. The lowest BCUT2D eigenvalue weighted by Gasteiger charge is -2.14. The molecule has 0 spiro atoms. The van der Waals surface area contributed by atoms with Crippen LogP contribution in [0.3, 0.4) is 0 Å². The minimum absolute atomic E-state index is 0.515. The lowest BCUT2D eigenvalue weighted by Crippen LogP contribution is -2.09. The van der Waals surface area contributed by atoms with Crippen LogP contribution in [0.25, 0.3) is 16.7 Å². The highest BCUT2D eigenvalue weighted by Gasteiger charge is 2.10. The van der Waals surface area contributed by atoms with E-state index >= 15 is 0 Å². The zero-order chi connectivity index (χ0) is 14.3. The highest BCUT2D eigenvalue weighted by atomic mass is 15.2. The number of benzene rings is 2. The molecule has 102 valence electrons. The smallest absolute Gasteiger partial charge is 0.205 e. The third-order valence-electron chi connectivity index (χ3n) is 3.44. The van der Waals surface area contributed by atoms with Crippen molar-refractivity contribution >= 4 is 22.7 Å². The molecular formula is C16H18N4. The second kappa shape index (κ2) is 4.56. The van der Waals surface area contributed by atoms with Gasteiger partial charge >= 0.3 is 0 Å². The van der Waals surface area contributed by atoms with E-state index in [-0.39, 0.29) is 0 Å². The van der Waals surface area contributed by atoms with Crippen LogP contribution in [0.15, 0.2) is 42.5 Å². The van der Waals surface area contributed by atoms with Gasteiger partial charge in [0.2, 0.25) is 5.95 Å². The van der Waals surface area contributed by atoms with E-state index in [4.69, 9.17) is 5.73 Å². The highest BCUT2D eigenvalue weighted by molar-refractivity contribution is 5.81. The van der Waals surface area contributed by atoms with E-state index in [2.05, 4.69) is 47.1 Å². The molecule has 3 rings (SSSR count).